The number of rotatable bonds is 10. The first kappa shape index (κ1) is 28.3. The summed E-state index contributed by atoms with van der Waals surface area (Å²) in [5.74, 6) is -0.395. The minimum absolute atomic E-state index is 0.00162. The lowest BCUT2D eigenvalue weighted by Gasteiger charge is -2.32. The molecule has 0 saturated carbocycles. The number of amides is 1. The normalized spacial score (nSPS) is 15.4. The van der Waals surface area contributed by atoms with Crippen LogP contribution in [-0.2, 0) is 20.0 Å². The average molecular weight is 561 g/mol. The molecule has 0 aliphatic carbocycles. The van der Waals surface area contributed by atoms with Crippen molar-refractivity contribution < 1.29 is 21.6 Å². The average Bonchev–Trinajstić information content (AvgIpc) is 3.31. The maximum Gasteiger partial charge on any atom is 0.271 e. The van der Waals surface area contributed by atoms with Crippen LogP contribution in [0, 0.1) is 0 Å². The standard InChI is InChI=1S/C27H36N4O5S2/c1-4-6-10-15-30(5-2)37(33,34)24-13-14-25-22(20-24)21-26(27(32)29-18-16-28(3)17-19-29)31(25)38(35,36)23-11-8-7-9-12-23/h7-9,11-14,20-21H,4-6,10,15-19H2,1-3H3. The number of sulfonamides is 1. The number of hydrogen-bond donors (Lipinski definition) is 0. The molecule has 2 aromatic carbocycles. The molecule has 3 aromatic rings. The topological polar surface area (TPSA) is 100 Å². The third-order valence-corrected chi connectivity index (χ3v) is 10.7. The van der Waals surface area contributed by atoms with Gasteiger partial charge in [0, 0.05) is 44.7 Å². The molecule has 4 rings (SSSR count). The Morgan fingerprint density at radius 1 is 0.868 bits per heavy atom. The van der Waals surface area contributed by atoms with Crippen LogP contribution in [0.3, 0.4) is 0 Å². The molecule has 206 valence electrons. The number of aromatic nitrogens is 1. The van der Waals surface area contributed by atoms with E-state index in [1.807, 2.05) is 7.05 Å². The van der Waals surface area contributed by atoms with E-state index in [-0.39, 0.29) is 21.0 Å². The zero-order chi connectivity index (χ0) is 27.5. The molecule has 1 aromatic heterocycles. The van der Waals surface area contributed by atoms with Crippen molar-refractivity contribution in [1.82, 2.24) is 18.1 Å². The van der Waals surface area contributed by atoms with Crippen LogP contribution in [0.25, 0.3) is 10.9 Å². The van der Waals surface area contributed by atoms with E-state index < -0.39 is 26.0 Å². The molecule has 1 fully saturated rings. The van der Waals surface area contributed by atoms with Gasteiger partial charge in [0.2, 0.25) is 10.0 Å². The van der Waals surface area contributed by atoms with Crippen LogP contribution in [0.4, 0.5) is 0 Å². The van der Waals surface area contributed by atoms with Crippen LogP contribution in [0.5, 0.6) is 0 Å². The molecule has 1 amide bonds. The Kier molecular flexibility index (Phi) is 8.61. The molecule has 1 aliphatic rings. The second kappa shape index (κ2) is 11.6. The molecule has 1 saturated heterocycles. The molecule has 0 unspecified atom stereocenters. The fraction of sp³-hybridized carbons (Fsp3) is 0.444. The summed E-state index contributed by atoms with van der Waals surface area (Å²) in [6.07, 6.45) is 2.68. The van der Waals surface area contributed by atoms with Gasteiger partial charge < -0.3 is 9.80 Å². The third kappa shape index (κ3) is 5.51. The highest BCUT2D eigenvalue weighted by atomic mass is 32.2. The highest BCUT2D eigenvalue weighted by Gasteiger charge is 2.31. The summed E-state index contributed by atoms with van der Waals surface area (Å²) in [5, 5.41) is 0.382. The van der Waals surface area contributed by atoms with E-state index in [1.54, 1.807) is 30.0 Å². The second-order valence-corrected chi connectivity index (χ2v) is 13.4. The van der Waals surface area contributed by atoms with Crippen LogP contribution in [-0.4, -0.2) is 87.1 Å². The SMILES string of the molecule is CCCCCN(CC)S(=O)(=O)c1ccc2c(c1)cc(C(=O)N1CCN(C)CC1)n2S(=O)(=O)c1ccccc1. The van der Waals surface area contributed by atoms with Crippen molar-refractivity contribution in [1.29, 1.82) is 0 Å². The van der Waals surface area contributed by atoms with E-state index in [0.717, 1.165) is 23.2 Å². The number of carbonyl (C=O) groups excluding carboxylic acids is 1. The molecular formula is C27H36N4O5S2. The van der Waals surface area contributed by atoms with E-state index in [2.05, 4.69) is 11.8 Å². The summed E-state index contributed by atoms with van der Waals surface area (Å²) < 4.78 is 57.0. The maximum absolute atomic E-state index is 13.8. The summed E-state index contributed by atoms with van der Waals surface area (Å²) in [6.45, 7) is 6.94. The summed E-state index contributed by atoms with van der Waals surface area (Å²) in [6, 6.07) is 13.9. The van der Waals surface area contributed by atoms with E-state index in [9.17, 15) is 21.6 Å². The molecule has 11 heteroatoms. The summed E-state index contributed by atoms with van der Waals surface area (Å²) in [5.41, 5.74) is 0.262. The van der Waals surface area contributed by atoms with E-state index in [0.29, 0.717) is 44.7 Å². The smallest absolute Gasteiger partial charge is 0.271 e. The number of hydrogen-bond acceptors (Lipinski definition) is 6. The van der Waals surface area contributed by atoms with Gasteiger partial charge in [0.1, 0.15) is 5.69 Å². The van der Waals surface area contributed by atoms with Crippen molar-refractivity contribution in [3.8, 4) is 0 Å². The molecule has 0 bridgehead atoms. The van der Waals surface area contributed by atoms with Crippen molar-refractivity contribution >= 4 is 36.9 Å². The van der Waals surface area contributed by atoms with Crippen LogP contribution >= 0.6 is 0 Å². The Bertz CT molecular complexity index is 1490. The monoisotopic (exact) mass is 560 g/mol. The van der Waals surface area contributed by atoms with Gasteiger partial charge in [0.25, 0.3) is 15.9 Å². The lowest BCUT2D eigenvalue weighted by atomic mass is 10.2. The fourth-order valence-corrected chi connectivity index (χ4v) is 7.79. The van der Waals surface area contributed by atoms with E-state index in [4.69, 9.17) is 0 Å². The van der Waals surface area contributed by atoms with Crippen molar-refractivity contribution in [2.24, 2.45) is 0 Å². The quantitative estimate of drug-likeness (QED) is 0.352. The Morgan fingerprint density at radius 3 is 2.18 bits per heavy atom. The number of nitrogens with zero attached hydrogens (tertiary/aromatic N) is 4. The lowest BCUT2D eigenvalue weighted by molar-refractivity contribution is 0.0657. The first-order valence-electron chi connectivity index (χ1n) is 13.0. The van der Waals surface area contributed by atoms with Crippen molar-refractivity contribution in [2.75, 3.05) is 46.3 Å². The van der Waals surface area contributed by atoms with Crippen LogP contribution in [0.1, 0.15) is 43.6 Å². The number of unbranched alkanes of at least 4 members (excludes halogenated alkanes) is 2. The van der Waals surface area contributed by atoms with E-state index in [1.165, 1.54) is 40.7 Å². The number of fused-ring (bicyclic) bond motifs is 1. The molecule has 0 radical (unpaired) electrons. The zero-order valence-corrected chi connectivity index (χ0v) is 23.8. The minimum Gasteiger partial charge on any atom is -0.335 e. The molecule has 0 N–H and O–H groups in total. The van der Waals surface area contributed by atoms with Gasteiger partial charge in [-0.1, -0.05) is 44.9 Å². The molecule has 9 nitrogen and oxygen atoms in total. The Morgan fingerprint density at radius 2 is 1.55 bits per heavy atom. The van der Waals surface area contributed by atoms with Crippen LogP contribution in [0.15, 0.2) is 64.4 Å². The van der Waals surface area contributed by atoms with Gasteiger partial charge in [-0.25, -0.2) is 20.8 Å². The first-order chi connectivity index (χ1) is 18.1. The summed E-state index contributed by atoms with van der Waals surface area (Å²) in [4.78, 5) is 17.5. The molecular weight excluding hydrogens is 524 g/mol. The molecule has 38 heavy (non-hydrogen) atoms. The van der Waals surface area contributed by atoms with Gasteiger partial charge in [-0.05, 0) is 49.9 Å². The fourth-order valence-electron chi connectivity index (χ4n) is 4.74. The predicted molar refractivity (Wildman–Crippen MR) is 148 cm³/mol. The van der Waals surface area contributed by atoms with Gasteiger partial charge in [0.05, 0.1) is 15.3 Å². The number of piperazine rings is 1. The van der Waals surface area contributed by atoms with Crippen molar-refractivity contribution in [2.45, 2.75) is 42.9 Å². The molecule has 0 atom stereocenters. The largest absolute Gasteiger partial charge is 0.335 e. The first-order valence-corrected chi connectivity index (χ1v) is 15.9. The maximum atomic E-state index is 13.8. The van der Waals surface area contributed by atoms with Crippen molar-refractivity contribution in [3.63, 3.8) is 0 Å². The Balaban J connectivity index is 1.84. The minimum atomic E-state index is -4.13. The molecule has 2 heterocycles. The van der Waals surface area contributed by atoms with Crippen LogP contribution in [0.2, 0.25) is 0 Å². The number of likely N-dealkylation sites (N-methyl/N-ethyl adjacent to an activating group) is 1. The number of carbonyl (C=O) groups is 1. The highest BCUT2D eigenvalue weighted by Crippen LogP contribution is 2.30. The zero-order valence-electron chi connectivity index (χ0n) is 22.2. The predicted octanol–water partition coefficient (Wildman–Crippen LogP) is 3.47. The van der Waals surface area contributed by atoms with Gasteiger partial charge in [0.15, 0.2) is 0 Å². The summed E-state index contributed by atoms with van der Waals surface area (Å²) >= 11 is 0. The van der Waals surface area contributed by atoms with Crippen LogP contribution < -0.4 is 0 Å². The number of benzene rings is 2. The third-order valence-electron chi connectivity index (χ3n) is 7.02. The van der Waals surface area contributed by atoms with Gasteiger partial charge >= 0.3 is 0 Å². The molecule has 1 aliphatic heterocycles. The Hall–Kier alpha value is -2.73. The highest BCUT2D eigenvalue weighted by molar-refractivity contribution is 7.90. The summed E-state index contributed by atoms with van der Waals surface area (Å²) in [7, 11) is -5.95. The second-order valence-electron chi connectivity index (χ2n) is 9.63. The van der Waals surface area contributed by atoms with E-state index >= 15 is 0 Å². The van der Waals surface area contributed by atoms with Gasteiger partial charge in [-0.3, -0.25) is 4.79 Å². The molecule has 0 spiro atoms. The Labute approximate surface area is 225 Å². The lowest BCUT2D eigenvalue weighted by Crippen LogP contribution is -2.47. The van der Waals surface area contributed by atoms with Crippen molar-refractivity contribution in [3.05, 3.63) is 60.3 Å². The van der Waals surface area contributed by atoms with Gasteiger partial charge in [-0.2, -0.15) is 4.31 Å². The van der Waals surface area contributed by atoms with Gasteiger partial charge in [-0.15, -0.1) is 0 Å².